The third kappa shape index (κ3) is 2.89. The summed E-state index contributed by atoms with van der Waals surface area (Å²) >= 11 is 3.56. The Morgan fingerprint density at radius 3 is 2.76 bits per heavy atom. The molecular weight excluding hydrogens is 282 g/mol. The highest BCUT2D eigenvalue weighted by atomic mass is 79.9. The summed E-state index contributed by atoms with van der Waals surface area (Å²) in [5, 5.41) is 17.7. The standard InChI is InChI=1S/C12H20BrN3O/c1-8-12(13)10(16(2)15-8)7-14-9-5-3-4-6-11(9)17/h9,11,14,17H,3-7H2,1-2H3. The minimum atomic E-state index is -0.197. The van der Waals surface area contributed by atoms with Gasteiger partial charge in [-0.25, -0.2) is 0 Å². The summed E-state index contributed by atoms with van der Waals surface area (Å²) < 4.78 is 2.96. The van der Waals surface area contributed by atoms with Crippen molar-refractivity contribution < 1.29 is 5.11 Å². The Morgan fingerprint density at radius 1 is 1.47 bits per heavy atom. The maximum atomic E-state index is 9.89. The van der Waals surface area contributed by atoms with Crippen LogP contribution in [0.5, 0.6) is 0 Å². The average molecular weight is 302 g/mol. The van der Waals surface area contributed by atoms with E-state index in [0.717, 1.165) is 41.7 Å². The van der Waals surface area contributed by atoms with Gasteiger partial charge < -0.3 is 10.4 Å². The summed E-state index contributed by atoms with van der Waals surface area (Å²) in [6, 6.07) is 0.228. The Morgan fingerprint density at radius 2 is 2.18 bits per heavy atom. The van der Waals surface area contributed by atoms with E-state index in [1.54, 1.807) is 0 Å². The van der Waals surface area contributed by atoms with Crippen LogP contribution in [0.3, 0.4) is 0 Å². The lowest BCUT2D eigenvalue weighted by Crippen LogP contribution is -2.41. The van der Waals surface area contributed by atoms with Gasteiger partial charge in [0.15, 0.2) is 0 Å². The molecule has 0 aliphatic heterocycles. The zero-order chi connectivity index (χ0) is 12.4. The highest BCUT2D eigenvalue weighted by molar-refractivity contribution is 9.10. The summed E-state index contributed by atoms with van der Waals surface area (Å²) in [6.07, 6.45) is 4.14. The Labute approximate surface area is 111 Å². The number of hydrogen-bond acceptors (Lipinski definition) is 3. The van der Waals surface area contributed by atoms with Crippen molar-refractivity contribution in [1.29, 1.82) is 0 Å². The SMILES string of the molecule is Cc1nn(C)c(CNC2CCCCC2O)c1Br. The molecule has 1 fully saturated rings. The fourth-order valence-electron chi connectivity index (χ4n) is 2.45. The van der Waals surface area contributed by atoms with Crippen molar-refractivity contribution in [1.82, 2.24) is 15.1 Å². The van der Waals surface area contributed by atoms with Gasteiger partial charge in [0.25, 0.3) is 0 Å². The number of nitrogens with one attached hydrogen (secondary N) is 1. The van der Waals surface area contributed by atoms with Crippen LogP contribution in [0.25, 0.3) is 0 Å². The normalized spacial score (nSPS) is 25.2. The van der Waals surface area contributed by atoms with Gasteiger partial charge >= 0.3 is 0 Å². The van der Waals surface area contributed by atoms with E-state index in [-0.39, 0.29) is 12.1 Å². The second kappa shape index (κ2) is 5.50. The van der Waals surface area contributed by atoms with Gasteiger partial charge in [0, 0.05) is 19.6 Å². The number of nitrogens with zero attached hydrogens (tertiary/aromatic N) is 2. The largest absolute Gasteiger partial charge is 0.392 e. The van der Waals surface area contributed by atoms with E-state index >= 15 is 0 Å². The molecule has 1 heterocycles. The molecule has 0 amide bonds. The van der Waals surface area contributed by atoms with Crippen LogP contribution in [0.1, 0.15) is 37.1 Å². The molecule has 0 spiro atoms. The maximum absolute atomic E-state index is 9.89. The minimum Gasteiger partial charge on any atom is -0.392 e. The van der Waals surface area contributed by atoms with Crippen LogP contribution in [0, 0.1) is 6.92 Å². The molecular formula is C12H20BrN3O. The van der Waals surface area contributed by atoms with E-state index < -0.39 is 0 Å². The lowest BCUT2D eigenvalue weighted by atomic mass is 9.92. The van der Waals surface area contributed by atoms with Gasteiger partial charge in [-0.1, -0.05) is 12.8 Å². The maximum Gasteiger partial charge on any atom is 0.0739 e. The molecule has 0 aromatic carbocycles. The molecule has 96 valence electrons. The fraction of sp³-hybridized carbons (Fsp3) is 0.750. The predicted octanol–water partition coefficient (Wildman–Crippen LogP) is 1.88. The molecule has 17 heavy (non-hydrogen) atoms. The van der Waals surface area contributed by atoms with Gasteiger partial charge in [0.05, 0.1) is 22.0 Å². The molecule has 5 heteroatoms. The molecule has 1 aliphatic carbocycles. The van der Waals surface area contributed by atoms with Gasteiger partial charge in [-0.3, -0.25) is 4.68 Å². The number of aliphatic hydroxyl groups is 1. The van der Waals surface area contributed by atoms with E-state index in [9.17, 15) is 5.11 Å². The van der Waals surface area contributed by atoms with E-state index in [2.05, 4.69) is 26.3 Å². The van der Waals surface area contributed by atoms with Crippen molar-refractivity contribution in [3.05, 3.63) is 15.9 Å². The van der Waals surface area contributed by atoms with E-state index in [1.807, 2.05) is 18.7 Å². The van der Waals surface area contributed by atoms with Crippen LogP contribution in [-0.4, -0.2) is 27.0 Å². The molecule has 0 bridgehead atoms. The minimum absolute atomic E-state index is 0.197. The van der Waals surface area contributed by atoms with Crippen molar-refractivity contribution in [2.75, 3.05) is 0 Å². The van der Waals surface area contributed by atoms with Gasteiger partial charge in [-0.05, 0) is 35.7 Å². The first-order valence-corrected chi connectivity index (χ1v) is 6.98. The first-order valence-electron chi connectivity index (χ1n) is 6.19. The smallest absolute Gasteiger partial charge is 0.0739 e. The molecule has 2 atom stereocenters. The molecule has 0 radical (unpaired) electrons. The van der Waals surface area contributed by atoms with Gasteiger partial charge in [0.2, 0.25) is 0 Å². The molecule has 1 aromatic heterocycles. The Bertz CT molecular complexity index is 391. The van der Waals surface area contributed by atoms with Gasteiger partial charge in [0.1, 0.15) is 0 Å². The number of halogens is 1. The Balaban J connectivity index is 1.97. The fourth-order valence-corrected chi connectivity index (χ4v) is 2.93. The zero-order valence-corrected chi connectivity index (χ0v) is 12.0. The third-order valence-electron chi connectivity index (χ3n) is 3.52. The number of aryl methyl sites for hydroxylation is 2. The number of aliphatic hydroxyl groups excluding tert-OH is 1. The van der Waals surface area contributed by atoms with Crippen LogP contribution in [0.2, 0.25) is 0 Å². The molecule has 1 aromatic rings. The van der Waals surface area contributed by atoms with E-state index in [4.69, 9.17) is 0 Å². The number of hydrogen-bond donors (Lipinski definition) is 2. The van der Waals surface area contributed by atoms with Gasteiger partial charge in [-0.15, -0.1) is 0 Å². The van der Waals surface area contributed by atoms with Gasteiger partial charge in [-0.2, -0.15) is 5.10 Å². The van der Waals surface area contributed by atoms with Crippen molar-refractivity contribution >= 4 is 15.9 Å². The summed E-state index contributed by atoms with van der Waals surface area (Å²) in [7, 11) is 1.95. The van der Waals surface area contributed by atoms with Crippen LogP contribution in [0.15, 0.2) is 4.47 Å². The zero-order valence-electron chi connectivity index (χ0n) is 10.4. The average Bonchev–Trinajstić information content (AvgIpc) is 2.53. The van der Waals surface area contributed by atoms with E-state index in [0.29, 0.717) is 0 Å². The van der Waals surface area contributed by atoms with E-state index in [1.165, 1.54) is 6.42 Å². The predicted molar refractivity (Wildman–Crippen MR) is 70.7 cm³/mol. The Kier molecular flexibility index (Phi) is 4.22. The summed E-state index contributed by atoms with van der Waals surface area (Å²) in [6.45, 7) is 2.74. The first kappa shape index (κ1) is 13.1. The van der Waals surface area contributed by atoms with Crippen molar-refractivity contribution in [3.8, 4) is 0 Å². The first-order chi connectivity index (χ1) is 8.09. The lowest BCUT2D eigenvalue weighted by molar-refractivity contribution is 0.0899. The van der Waals surface area contributed by atoms with Crippen LogP contribution < -0.4 is 5.32 Å². The van der Waals surface area contributed by atoms with Crippen molar-refractivity contribution in [2.24, 2.45) is 7.05 Å². The van der Waals surface area contributed by atoms with Crippen LogP contribution in [-0.2, 0) is 13.6 Å². The highest BCUT2D eigenvalue weighted by Gasteiger charge is 2.23. The number of aromatic nitrogens is 2. The molecule has 2 unspecified atom stereocenters. The van der Waals surface area contributed by atoms with Crippen molar-refractivity contribution in [2.45, 2.75) is 51.3 Å². The highest BCUT2D eigenvalue weighted by Crippen LogP contribution is 2.22. The topological polar surface area (TPSA) is 50.1 Å². The third-order valence-corrected chi connectivity index (χ3v) is 4.55. The molecule has 4 nitrogen and oxygen atoms in total. The second-order valence-electron chi connectivity index (χ2n) is 4.81. The lowest BCUT2D eigenvalue weighted by Gasteiger charge is -2.28. The monoisotopic (exact) mass is 301 g/mol. The second-order valence-corrected chi connectivity index (χ2v) is 5.60. The molecule has 1 saturated carbocycles. The summed E-state index contributed by atoms with van der Waals surface area (Å²) in [5.74, 6) is 0. The molecule has 1 aliphatic rings. The summed E-state index contributed by atoms with van der Waals surface area (Å²) in [5.41, 5.74) is 2.15. The van der Waals surface area contributed by atoms with Crippen LogP contribution >= 0.6 is 15.9 Å². The number of rotatable bonds is 3. The quantitative estimate of drug-likeness (QED) is 0.896. The van der Waals surface area contributed by atoms with Crippen molar-refractivity contribution in [3.63, 3.8) is 0 Å². The molecule has 2 N–H and O–H groups in total. The Hall–Kier alpha value is -0.390. The molecule has 0 saturated heterocycles. The summed E-state index contributed by atoms with van der Waals surface area (Å²) in [4.78, 5) is 0. The van der Waals surface area contributed by atoms with Crippen LogP contribution in [0.4, 0.5) is 0 Å². The molecule has 2 rings (SSSR count).